The molecule has 0 bridgehead atoms. The summed E-state index contributed by atoms with van der Waals surface area (Å²) < 4.78 is 5.62. The highest BCUT2D eigenvalue weighted by Crippen LogP contribution is 2.25. The average molecular weight is 348 g/mol. The molecule has 7 nitrogen and oxygen atoms in total. The van der Waals surface area contributed by atoms with Gasteiger partial charge in [-0.3, -0.25) is 9.69 Å². The summed E-state index contributed by atoms with van der Waals surface area (Å²) in [6, 6.07) is 3.57. The maximum Gasteiger partial charge on any atom is 0.314 e. The number of amides is 3. The molecule has 0 spiro atoms. The Morgan fingerprint density at radius 1 is 1.20 bits per heavy atom. The van der Waals surface area contributed by atoms with Gasteiger partial charge in [-0.05, 0) is 50.9 Å². The van der Waals surface area contributed by atoms with Crippen molar-refractivity contribution in [3.8, 4) is 0 Å². The summed E-state index contributed by atoms with van der Waals surface area (Å²) in [6.07, 6.45) is 6.68. The van der Waals surface area contributed by atoms with E-state index in [-0.39, 0.29) is 17.9 Å². The van der Waals surface area contributed by atoms with Crippen molar-refractivity contribution in [1.82, 2.24) is 15.1 Å². The minimum absolute atomic E-state index is 0.0470. The number of hydrogen-bond donors (Lipinski definition) is 2. The Labute approximate surface area is 148 Å². The topological polar surface area (TPSA) is 91.8 Å². The fourth-order valence-electron chi connectivity index (χ4n) is 3.82. The maximum absolute atomic E-state index is 12.5. The Bertz CT molecular complexity index is 561. The van der Waals surface area contributed by atoms with Crippen LogP contribution in [0, 0.1) is 5.92 Å². The highest BCUT2D eigenvalue weighted by molar-refractivity contribution is 5.79. The van der Waals surface area contributed by atoms with E-state index < -0.39 is 6.03 Å². The first kappa shape index (κ1) is 17.8. The Morgan fingerprint density at radius 2 is 1.92 bits per heavy atom. The zero-order chi connectivity index (χ0) is 17.6. The van der Waals surface area contributed by atoms with Crippen LogP contribution in [-0.2, 0) is 4.79 Å². The zero-order valence-electron chi connectivity index (χ0n) is 14.7. The number of furan rings is 1. The zero-order valence-corrected chi connectivity index (χ0v) is 14.7. The van der Waals surface area contributed by atoms with Crippen LogP contribution in [-0.4, -0.2) is 54.5 Å². The summed E-state index contributed by atoms with van der Waals surface area (Å²) in [7, 11) is 0. The van der Waals surface area contributed by atoms with Gasteiger partial charge in [0.1, 0.15) is 5.76 Å². The quantitative estimate of drug-likeness (QED) is 0.847. The molecule has 1 atom stereocenters. The molecule has 3 N–H and O–H groups in total. The first-order valence-corrected chi connectivity index (χ1v) is 9.24. The van der Waals surface area contributed by atoms with Gasteiger partial charge in [-0.25, -0.2) is 4.79 Å². The van der Waals surface area contributed by atoms with Crippen LogP contribution in [0.5, 0.6) is 0 Å². The standard InChI is InChI=1S/C18H28N4O3/c19-18(24)22-10-6-14(7-11-22)17(23)20-13-15(16-5-4-12-25-16)21-8-2-1-3-9-21/h4-5,12,14-15H,1-3,6-11,13H2,(H2,19,24)(H,20,23). The molecular weight excluding hydrogens is 320 g/mol. The van der Waals surface area contributed by atoms with Crippen molar-refractivity contribution >= 4 is 11.9 Å². The highest BCUT2D eigenvalue weighted by atomic mass is 16.3. The molecule has 3 rings (SSSR count). The lowest BCUT2D eigenvalue weighted by Crippen LogP contribution is -2.46. The number of primary amides is 1. The van der Waals surface area contributed by atoms with E-state index in [1.807, 2.05) is 12.1 Å². The first-order chi connectivity index (χ1) is 12.1. The van der Waals surface area contributed by atoms with E-state index in [2.05, 4.69) is 10.2 Å². The summed E-state index contributed by atoms with van der Waals surface area (Å²) in [5.41, 5.74) is 5.29. The molecule has 25 heavy (non-hydrogen) atoms. The second kappa shape index (κ2) is 8.38. The van der Waals surface area contributed by atoms with Crippen LogP contribution in [0.25, 0.3) is 0 Å². The van der Waals surface area contributed by atoms with Gasteiger partial charge in [0.15, 0.2) is 0 Å². The molecule has 2 aliphatic rings. The van der Waals surface area contributed by atoms with Gasteiger partial charge in [0.05, 0.1) is 12.3 Å². The molecule has 1 aromatic rings. The van der Waals surface area contributed by atoms with Gasteiger partial charge in [-0.2, -0.15) is 0 Å². The lowest BCUT2D eigenvalue weighted by molar-refractivity contribution is -0.126. The number of nitrogens with two attached hydrogens (primary N) is 1. The van der Waals surface area contributed by atoms with E-state index in [0.29, 0.717) is 32.5 Å². The Balaban J connectivity index is 1.54. The molecule has 0 radical (unpaired) electrons. The number of likely N-dealkylation sites (tertiary alicyclic amines) is 2. The molecule has 0 aliphatic carbocycles. The summed E-state index contributed by atoms with van der Waals surface area (Å²) in [5.74, 6) is 0.928. The molecule has 2 aliphatic heterocycles. The number of carbonyl (C=O) groups is 2. The Kier molecular flexibility index (Phi) is 5.96. The molecule has 138 valence electrons. The van der Waals surface area contributed by atoms with Crippen molar-refractivity contribution in [3.05, 3.63) is 24.2 Å². The first-order valence-electron chi connectivity index (χ1n) is 9.24. The number of nitrogens with zero attached hydrogens (tertiary/aromatic N) is 2. The minimum atomic E-state index is -0.401. The van der Waals surface area contributed by atoms with Gasteiger partial charge in [0, 0.05) is 25.6 Å². The molecule has 2 saturated heterocycles. The van der Waals surface area contributed by atoms with Crippen LogP contribution in [0.1, 0.15) is 43.9 Å². The Hall–Kier alpha value is -2.02. The maximum atomic E-state index is 12.5. The van der Waals surface area contributed by atoms with Gasteiger partial charge < -0.3 is 20.4 Å². The predicted octanol–water partition coefficient (Wildman–Crippen LogP) is 1.71. The van der Waals surface area contributed by atoms with Crippen LogP contribution in [0.15, 0.2) is 22.8 Å². The van der Waals surface area contributed by atoms with Crippen LogP contribution in [0.2, 0.25) is 0 Å². The summed E-state index contributed by atoms with van der Waals surface area (Å²) in [5, 5.41) is 3.11. The van der Waals surface area contributed by atoms with Crippen LogP contribution < -0.4 is 11.1 Å². The van der Waals surface area contributed by atoms with E-state index in [1.165, 1.54) is 19.3 Å². The SMILES string of the molecule is NC(=O)N1CCC(C(=O)NCC(c2ccco2)N2CCCCC2)CC1. The van der Waals surface area contributed by atoms with Gasteiger partial charge in [0.25, 0.3) is 0 Å². The number of nitrogens with one attached hydrogen (secondary N) is 1. The number of piperidine rings is 2. The molecule has 0 aromatic carbocycles. The lowest BCUT2D eigenvalue weighted by Gasteiger charge is -2.34. The van der Waals surface area contributed by atoms with E-state index in [9.17, 15) is 9.59 Å². The van der Waals surface area contributed by atoms with Gasteiger partial charge in [0.2, 0.25) is 5.91 Å². The third-order valence-electron chi connectivity index (χ3n) is 5.35. The van der Waals surface area contributed by atoms with Crippen molar-refractivity contribution in [2.75, 3.05) is 32.7 Å². The van der Waals surface area contributed by atoms with E-state index in [0.717, 1.165) is 18.8 Å². The van der Waals surface area contributed by atoms with Gasteiger partial charge >= 0.3 is 6.03 Å². The van der Waals surface area contributed by atoms with Crippen LogP contribution in [0.4, 0.5) is 4.79 Å². The molecule has 2 fully saturated rings. The van der Waals surface area contributed by atoms with Gasteiger partial charge in [-0.1, -0.05) is 6.42 Å². The summed E-state index contributed by atoms with van der Waals surface area (Å²) in [6.45, 7) is 3.75. The van der Waals surface area contributed by atoms with E-state index >= 15 is 0 Å². The summed E-state index contributed by atoms with van der Waals surface area (Å²) in [4.78, 5) is 27.7. The second-order valence-corrected chi connectivity index (χ2v) is 6.97. The van der Waals surface area contributed by atoms with Gasteiger partial charge in [-0.15, -0.1) is 0 Å². The second-order valence-electron chi connectivity index (χ2n) is 6.97. The van der Waals surface area contributed by atoms with Crippen LogP contribution >= 0.6 is 0 Å². The average Bonchev–Trinajstić information content (AvgIpc) is 3.17. The van der Waals surface area contributed by atoms with E-state index in [4.69, 9.17) is 10.2 Å². The number of hydrogen-bond acceptors (Lipinski definition) is 4. The van der Waals surface area contributed by atoms with Crippen molar-refractivity contribution in [1.29, 1.82) is 0 Å². The minimum Gasteiger partial charge on any atom is -0.468 e. The number of rotatable bonds is 5. The van der Waals surface area contributed by atoms with Crippen molar-refractivity contribution < 1.29 is 14.0 Å². The third-order valence-corrected chi connectivity index (χ3v) is 5.35. The van der Waals surface area contributed by atoms with Crippen LogP contribution in [0.3, 0.4) is 0 Å². The van der Waals surface area contributed by atoms with Crippen molar-refractivity contribution in [3.63, 3.8) is 0 Å². The van der Waals surface area contributed by atoms with Crippen molar-refractivity contribution in [2.45, 2.75) is 38.1 Å². The third kappa shape index (κ3) is 4.54. The molecule has 3 heterocycles. The Morgan fingerprint density at radius 3 is 2.52 bits per heavy atom. The normalized spacial score (nSPS) is 21.0. The molecule has 1 unspecified atom stereocenters. The molecule has 3 amide bonds. The fraction of sp³-hybridized carbons (Fsp3) is 0.667. The highest BCUT2D eigenvalue weighted by Gasteiger charge is 2.29. The smallest absolute Gasteiger partial charge is 0.314 e. The molecule has 0 saturated carbocycles. The fourth-order valence-corrected chi connectivity index (χ4v) is 3.82. The van der Waals surface area contributed by atoms with Crippen molar-refractivity contribution in [2.24, 2.45) is 11.7 Å². The van der Waals surface area contributed by atoms with E-state index in [1.54, 1.807) is 11.2 Å². The number of carbonyl (C=O) groups excluding carboxylic acids is 2. The predicted molar refractivity (Wildman–Crippen MR) is 93.8 cm³/mol. The molecule has 1 aromatic heterocycles. The monoisotopic (exact) mass is 348 g/mol. The lowest BCUT2D eigenvalue weighted by atomic mass is 9.96. The molecular formula is C18H28N4O3. The number of urea groups is 1. The summed E-state index contributed by atoms with van der Waals surface area (Å²) >= 11 is 0. The molecule has 7 heteroatoms. The largest absolute Gasteiger partial charge is 0.468 e.